The first-order valence-electron chi connectivity index (χ1n) is 6.94. The normalized spacial score (nSPS) is 13.2. The van der Waals surface area contributed by atoms with Gasteiger partial charge >= 0.3 is 6.18 Å². The van der Waals surface area contributed by atoms with Gasteiger partial charge in [-0.05, 0) is 24.3 Å². The van der Waals surface area contributed by atoms with E-state index in [9.17, 15) is 18.0 Å². The standard InChI is InChI=1S/C16H12Cl3F3N2O/c17-15(18,19)14(24-13(25)10-6-2-1-3-7-10)23-12-9-5-4-8-11(12)16(20,21)22/h1-9,14,23H,(H,24,25)/t14-/m1/s1. The molecule has 0 saturated heterocycles. The van der Waals surface area contributed by atoms with Crippen molar-refractivity contribution in [3.63, 3.8) is 0 Å². The Labute approximate surface area is 157 Å². The summed E-state index contributed by atoms with van der Waals surface area (Å²) < 4.78 is 37.2. The molecule has 2 rings (SSSR count). The summed E-state index contributed by atoms with van der Waals surface area (Å²) in [4.78, 5) is 12.2. The van der Waals surface area contributed by atoms with Crippen LogP contribution in [0, 0.1) is 0 Å². The van der Waals surface area contributed by atoms with Crippen molar-refractivity contribution in [1.82, 2.24) is 5.32 Å². The lowest BCUT2D eigenvalue weighted by Crippen LogP contribution is -2.49. The van der Waals surface area contributed by atoms with Crippen molar-refractivity contribution in [2.75, 3.05) is 5.32 Å². The first-order valence-corrected chi connectivity index (χ1v) is 8.08. The van der Waals surface area contributed by atoms with Gasteiger partial charge in [-0.25, -0.2) is 0 Å². The first kappa shape index (κ1) is 19.7. The van der Waals surface area contributed by atoms with Crippen molar-refractivity contribution in [3.05, 3.63) is 65.7 Å². The maximum Gasteiger partial charge on any atom is 0.418 e. The van der Waals surface area contributed by atoms with E-state index >= 15 is 0 Å². The highest BCUT2D eigenvalue weighted by molar-refractivity contribution is 6.68. The molecule has 0 unspecified atom stereocenters. The molecule has 2 aromatic carbocycles. The Bertz CT molecular complexity index is 733. The molecule has 0 aliphatic rings. The number of nitrogens with one attached hydrogen (secondary N) is 2. The summed E-state index contributed by atoms with van der Waals surface area (Å²) >= 11 is 17.5. The summed E-state index contributed by atoms with van der Waals surface area (Å²) in [5, 5.41) is 4.83. The molecule has 0 bridgehead atoms. The molecule has 9 heteroatoms. The Kier molecular flexibility index (Phi) is 6.08. The van der Waals surface area contributed by atoms with E-state index in [1.807, 2.05) is 0 Å². The average molecular weight is 412 g/mol. The van der Waals surface area contributed by atoms with Gasteiger partial charge in [0.2, 0.25) is 3.79 Å². The summed E-state index contributed by atoms with van der Waals surface area (Å²) in [7, 11) is 0. The van der Waals surface area contributed by atoms with Crippen LogP contribution in [0.1, 0.15) is 15.9 Å². The molecule has 1 atom stereocenters. The number of carbonyl (C=O) groups is 1. The zero-order valence-electron chi connectivity index (χ0n) is 12.4. The van der Waals surface area contributed by atoms with Gasteiger partial charge in [0.25, 0.3) is 5.91 Å². The monoisotopic (exact) mass is 410 g/mol. The average Bonchev–Trinajstić information content (AvgIpc) is 2.53. The zero-order chi connectivity index (χ0) is 18.7. The molecule has 0 aromatic heterocycles. The lowest BCUT2D eigenvalue weighted by molar-refractivity contribution is -0.137. The molecule has 1 amide bonds. The van der Waals surface area contributed by atoms with Crippen molar-refractivity contribution < 1.29 is 18.0 Å². The molecule has 0 saturated carbocycles. The molecule has 0 radical (unpaired) electrons. The molecule has 2 N–H and O–H groups in total. The lowest BCUT2D eigenvalue weighted by Gasteiger charge is -2.28. The summed E-state index contributed by atoms with van der Waals surface area (Å²) in [6.45, 7) is 0. The second-order valence-electron chi connectivity index (χ2n) is 5.00. The molecule has 0 fully saturated rings. The minimum Gasteiger partial charge on any atom is -0.361 e. The third kappa shape index (κ3) is 5.42. The minimum atomic E-state index is -4.61. The third-order valence-electron chi connectivity index (χ3n) is 3.17. The van der Waals surface area contributed by atoms with Crippen molar-refractivity contribution in [2.45, 2.75) is 16.1 Å². The van der Waals surface area contributed by atoms with E-state index in [2.05, 4.69) is 10.6 Å². The Morgan fingerprint density at radius 1 is 0.920 bits per heavy atom. The van der Waals surface area contributed by atoms with Crippen LogP contribution in [0.4, 0.5) is 18.9 Å². The van der Waals surface area contributed by atoms with E-state index in [0.717, 1.165) is 6.07 Å². The number of halogens is 6. The predicted molar refractivity (Wildman–Crippen MR) is 93.1 cm³/mol. The summed E-state index contributed by atoms with van der Waals surface area (Å²) in [6.07, 6.45) is -6.00. The number of benzene rings is 2. The molecule has 0 aliphatic carbocycles. The number of para-hydroxylation sites is 1. The van der Waals surface area contributed by atoms with E-state index in [1.165, 1.54) is 30.3 Å². The SMILES string of the molecule is O=C(N[C@@H](Nc1ccccc1C(F)(F)F)C(Cl)(Cl)Cl)c1ccccc1. The van der Waals surface area contributed by atoms with Gasteiger partial charge in [-0.1, -0.05) is 65.1 Å². The van der Waals surface area contributed by atoms with Crippen molar-refractivity contribution >= 4 is 46.4 Å². The number of hydrogen-bond acceptors (Lipinski definition) is 2. The molecule has 25 heavy (non-hydrogen) atoms. The molecule has 0 aliphatic heterocycles. The van der Waals surface area contributed by atoms with Crippen molar-refractivity contribution in [2.24, 2.45) is 0 Å². The topological polar surface area (TPSA) is 41.1 Å². The number of anilines is 1. The van der Waals surface area contributed by atoms with Gasteiger partial charge in [-0.15, -0.1) is 0 Å². The maximum absolute atomic E-state index is 13.1. The van der Waals surface area contributed by atoms with Crippen LogP contribution in [0.25, 0.3) is 0 Å². The number of carbonyl (C=O) groups excluding carboxylic acids is 1. The molecule has 0 heterocycles. The second-order valence-corrected chi connectivity index (χ2v) is 7.37. The van der Waals surface area contributed by atoms with Crippen molar-refractivity contribution in [1.29, 1.82) is 0 Å². The van der Waals surface area contributed by atoms with Crippen LogP contribution >= 0.6 is 34.8 Å². The van der Waals surface area contributed by atoms with Gasteiger partial charge in [-0.3, -0.25) is 4.79 Å². The number of hydrogen-bond donors (Lipinski definition) is 2. The van der Waals surface area contributed by atoms with E-state index in [-0.39, 0.29) is 11.3 Å². The fourth-order valence-electron chi connectivity index (χ4n) is 2.02. The van der Waals surface area contributed by atoms with Crippen LogP contribution < -0.4 is 10.6 Å². The van der Waals surface area contributed by atoms with E-state index in [1.54, 1.807) is 18.2 Å². The molecular formula is C16H12Cl3F3N2O. The number of alkyl halides is 6. The van der Waals surface area contributed by atoms with Crippen LogP contribution in [-0.4, -0.2) is 15.9 Å². The fourth-order valence-corrected chi connectivity index (χ4v) is 2.34. The number of amides is 1. The molecule has 0 spiro atoms. The molecule has 134 valence electrons. The van der Waals surface area contributed by atoms with Gasteiger partial charge in [0.15, 0.2) is 0 Å². The van der Waals surface area contributed by atoms with Gasteiger partial charge in [0.1, 0.15) is 6.17 Å². The smallest absolute Gasteiger partial charge is 0.361 e. The fraction of sp³-hybridized carbons (Fsp3) is 0.188. The van der Waals surface area contributed by atoms with Crippen LogP contribution in [0.15, 0.2) is 54.6 Å². The number of rotatable bonds is 4. The molecular weight excluding hydrogens is 400 g/mol. The third-order valence-corrected chi connectivity index (χ3v) is 3.83. The molecule has 2 aromatic rings. The Morgan fingerprint density at radius 2 is 1.48 bits per heavy atom. The second kappa shape index (κ2) is 7.72. The quantitative estimate of drug-likeness (QED) is 0.533. The van der Waals surface area contributed by atoms with Crippen LogP contribution in [-0.2, 0) is 6.18 Å². The van der Waals surface area contributed by atoms with E-state index < -0.39 is 27.6 Å². The first-order chi connectivity index (χ1) is 11.6. The predicted octanol–water partition coefficient (Wildman–Crippen LogP) is 5.24. The summed E-state index contributed by atoms with van der Waals surface area (Å²) in [5.41, 5.74) is -0.990. The Morgan fingerprint density at radius 3 is 2.04 bits per heavy atom. The van der Waals surface area contributed by atoms with Gasteiger partial charge in [0, 0.05) is 11.3 Å². The van der Waals surface area contributed by atoms with E-state index in [4.69, 9.17) is 34.8 Å². The largest absolute Gasteiger partial charge is 0.418 e. The van der Waals surface area contributed by atoms with E-state index in [0.29, 0.717) is 0 Å². The van der Waals surface area contributed by atoms with Gasteiger partial charge < -0.3 is 10.6 Å². The highest BCUT2D eigenvalue weighted by atomic mass is 35.6. The van der Waals surface area contributed by atoms with Crippen molar-refractivity contribution in [3.8, 4) is 0 Å². The van der Waals surface area contributed by atoms with Crippen LogP contribution in [0.2, 0.25) is 0 Å². The molecule has 3 nitrogen and oxygen atoms in total. The highest BCUT2D eigenvalue weighted by Gasteiger charge is 2.38. The Balaban J connectivity index is 2.27. The lowest BCUT2D eigenvalue weighted by atomic mass is 10.1. The zero-order valence-corrected chi connectivity index (χ0v) is 14.7. The van der Waals surface area contributed by atoms with Gasteiger partial charge in [-0.2, -0.15) is 13.2 Å². The summed E-state index contributed by atoms with van der Waals surface area (Å²) in [5.74, 6) is -0.603. The Hall–Kier alpha value is -1.63. The van der Waals surface area contributed by atoms with Crippen LogP contribution in [0.3, 0.4) is 0 Å². The highest BCUT2D eigenvalue weighted by Crippen LogP contribution is 2.37. The minimum absolute atomic E-state index is 0.271. The maximum atomic E-state index is 13.1. The van der Waals surface area contributed by atoms with Gasteiger partial charge in [0.05, 0.1) is 5.56 Å². The van der Waals surface area contributed by atoms with Crippen LogP contribution in [0.5, 0.6) is 0 Å². The summed E-state index contributed by atoms with van der Waals surface area (Å²) in [6, 6.07) is 12.7.